The number of carboxylic acids is 1. The Labute approximate surface area is 93.3 Å². The van der Waals surface area contributed by atoms with Gasteiger partial charge in [-0.2, -0.15) is 0 Å². The van der Waals surface area contributed by atoms with Crippen LogP contribution >= 0.6 is 0 Å². The number of carbonyl (C=O) groups excluding carboxylic acids is 1. The molecule has 1 heterocycles. The van der Waals surface area contributed by atoms with Gasteiger partial charge in [0.2, 0.25) is 0 Å². The Morgan fingerprint density at radius 3 is 2.62 bits per heavy atom. The summed E-state index contributed by atoms with van der Waals surface area (Å²) in [4.78, 5) is 21.4. The van der Waals surface area contributed by atoms with Crippen molar-refractivity contribution in [2.45, 2.75) is 32.3 Å². The number of hydrogen-bond donors (Lipinski definition) is 1. The van der Waals surface area contributed by atoms with E-state index in [0.29, 0.717) is 18.6 Å². The van der Waals surface area contributed by atoms with Crippen LogP contribution in [0.15, 0.2) is 24.0 Å². The Kier molecular flexibility index (Phi) is 3.37. The molecule has 88 valence electrons. The first-order chi connectivity index (χ1) is 7.33. The molecule has 0 unspecified atom stereocenters. The maximum Gasteiger partial charge on any atom is 0.514 e. The van der Waals surface area contributed by atoms with Crippen molar-refractivity contribution in [3.63, 3.8) is 0 Å². The van der Waals surface area contributed by atoms with Gasteiger partial charge in [-0.3, -0.25) is 0 Å². The highest BCUT2D eigenvalue weighted by Crippen LogP contribution is 2.30. The van der Waals surface area contributed by atoms with Gasteiger partial charge in [-0.25, -0.2) is 9.59 Å². The number of aliphatic carboxylic acids is 1. The molecule has 5 nitrogen and oxygen atoms in total. The predicted molar refractivity (Wildman–Crippen MR) is 55.7 cm³/mol. The van der Waals surface area contributed by atoms with Gasteiger partial charge in [0.25, 0.3) is 0 Å². The fraction of sp³-hybridized carbons (Fsp3) is 0.455. The standard InChI is InChI=1S/C11H14O5/c1-7(9(12)13)5-4-6-8-11(2,3)16-10(14)15-8/h6H,1,4-5H2,2-3H3,(H,12,13)/b8-6-. The van der Waals surface area contributed by atoms with Crippen LogP contribution in [0.4, 0.5) is 4.79 Å². The molecule has 0 aromatic rings. The third kappa shape index (κ3) is 2.85. The molecule has 0 bridgehead atoms. The van der Waals surface area contributed by atoms with Crippen LogP contribution in [0, 0.1) is 0 Å². The van der Waals surface area contributed by atoms with E-state index >= 15 is 0 Å². The lowest BCUT2D eigenvalue weighted by Crippen LogP contribution is -2.20. The van der Waals surface area contributed by atoms with Crippen molar-refractivity contribution in [2.75, 3.05) is 0 Å². The van der Waals surface area contributed by atoms with Gasteiger partial charge < -0.3 is 14.6 Å². The van der Waals surface area contributed by atoms with Gasteiger partial charge >= 0.3 is 12.1 Å². The second kappa shape index (κ2) is 4.38. The summed E-state index contributed by atoms with van der Waals surface area (Å²) in [6, 6.07) is 0. The highest BCUT2D eigenvalue weighted by molar-refractivity contribution is 5.85. The zero-order valence-corrected chi connectivity index (χ0v) is 9.28. The number of hydrogen-bond acceptors (Lipinski definition) is 4. The average Bonchev–Trinajstić information content (AvgIpc) is 2.39. The fourth-order valence-electron chi connectivity index (χ4n) is 1.26. The zero-order valence-electron chi connectivity index (χ0n) is 9.28. The highest BCUT2D eigenvalue weighted by Gasteiger charge is 2.38. The molecule has 1 fully saturated rings. The molecule has 1 aliphatic heterocycles. The monoisotopic (exact) mass is 226 g/mol. The molecular formula is C11H14O5. The lowest BCUT2D eigenvalue weighted by Gasteiger charge is -2.13. The Balaban J connectivity index is 2.55. The zero-order chi connectivity index (χ0) is 12.3. The van der Waals surface area contributed by atoms with E-state index < -0.39 is 17.7 Å². The summed E-state index contributed by atoms with van der Waals surface area (Å²) in [5, 5.41) is 8.59. The van der Waals surface area contributed by atoms with E-state index in [1.54, 1.807) is 19.9 Å². The Bertz CT molecular complexity index is 365. The summed E-state index contributed by atoms with van der Waals surface area (Å²) >= 11 is 0. The summed E-state index contributed by atoms with van der Waals surface area (Å²) in [5.74, 6) is -0.604. The van der Waals surface area contributed by atoms with E-state index in [9.17, 15) is 9.59 Å². The fourth-order valence-corrected chi connectivity index (χ4v) is 1.26. The molecule has 0 aromatic heterocycles. The van der Waals surface area contributed by atoms with Gasteiger partial charge in [0.15, 0.2) is 11.4 Å². The summed E-state index contributed by atoms with van der Waals surface area (Å²) < 4.78 is 9.74. The molecule has 16 heavy (non-hydrogen) atoms. The third-order valence-corrected chi connectivity index (χ3v) is 2.20. The summed E-state index contributed by atoms with van der Waals surface area (Å²) in [7, 11) is 0. The lowest BCUT2D eigenvalue weighted by molar-refractivity contribution is -0.132. The minimum absolute atomic E-state index is 0.125. The van der Waals surface area contributed by atoms with Crippen LogP contribution in [0.1, 0.15) is 26.7 Å². The third-order valence-electron chi connectivity index (χ3n) is 2.20. The molecule has 1 aliphatic rings. The number of carboxylic acid groups (broad SMARTS) is 1. The van der Waals surface area contributed by atoms with Gasteiger partial charge in [0, 0.05) is 5.57 Å². The molecule has 1 N–H and O–H groups in total. The number of cyclic esters (lactones) is 2. The minimum atomic E-state index is -1.02. The van der Waals surface area contributed by atoms with Crippen LogP contribution in [-0.4, -0.2) is 22.8 Å². The van der Waals surface area contributed by atoms with Gasteiger partial charge in [0.05, 0.1) is 0 Å². The molecule has 5 heteroatoms. The minimum Gasteiger partial charge on any atom is -0.478 e. The maximum absolute atomic E-state index is 10.9. The van der Waals surface area contributed by atoms with Crippen LogP contribution in [0.3, 0.4) is 0 Å². The second-order valence-corrected chi connectivity index (χ2v) is 3.98. The Hall–Kier alpha value is -1.78. The van der Waals surface area contributed by atoms with Crippen LogP contribution in [0.5, 0.6) is 0 Å². The Morgan fingerprint density at radius 2 is 2.19 bits per heavy atom. The smallest absolute Gasteiger partial charge is 0.478 e. The van der Waals surface area contributed by atoms with Crippen LogP contribution in [0.25, 0.3) is 0 Å². The quantitative estimate of drug-likeness (QED) is 0.587. The first-order valence-corrected chi connectivity index (χ1v) is 4.85. The topological polar surface area (TPSA) is 72.8 Å². The molecule has 0 amide bonds. The summed E-state index contributed by atoms with van der Waals surface area (Å²) in [6.45, 7) is 6.81. The van der Waals surface area contributed by atoms with Crippen molar-refractivity contribution >= 4 is 12.1 Å². The maximum atomic E-state index is 10.9. The van der Waals surface area contributed by atoms with Gasteiger partial charge in [0.1, 0.15) is 0 Å². The predicted octanol–water partition coefficient (Wildman–Crippen LogP) is 2.24. The van der Waals surface area contributed by atoms with Crippen molar-refractivity contribution in [3.8, 4) is 0 Å². The van der Waals surface area contributed by atoms with E-state index in [1.807, 2.05) is 0 Å². The molecule has 0 saturated carbocycles. The normalized spacial score (nSPS) is 20.4. The van der Waals surface area contributed by atoms with Crippen LogP contribution in [0.2, 0.25) is 0 Å². The van der Waals surface area contributed by atoms with Crippen molar-refractivity contribution in [2.24, 2.45) is 0 Å². The van der Waals surface area contributed by atoms with Crippen molar-refractivity contribution in [3.05, 3.63) is 24.0 Å². The number of ether oxygens (including phenoxy) is 2. The van der Waals surface area contributed by atoms with Crippen LogP contribution < -0.4 is 0 Å². The van der Waals surface area contributed by atoms with Crippen molar-refractivity contribution in [1.82, 2.24) is 0 Å². The molecule has 1 rings (SSSR count). The average molecular weight is 226 g/mol. The van der Waals surface area contributed by atoms with Crippen LogP contribution in [-0.2, 0) is 14.3 Å². The molecule has 0 spiro atoms. The van der Waals surface area contributed by atoms with Gasteiger partial charge in [-0.05, 0) is 32.8 Å². The number of allylic oxidation sites excluding steroid dienone is 1. The van der Waals surface area contributed by atoms with E-state index in [2.05, 4.69) is 6.58 Å². The lowest BCUT2D eigenvalue weighted by atomic mass is 10.0. The molecule has 0 aromatic carbocycles. The van der Waals surface area contributed by atoms with E-state index in [-0.39, 0.29) is 5.57 Å². The summed E-state index contributed by atoms with van der Waals surface area (Å²) in [6.07, 6.45) is 1.68. The molecular weight excluding hydrogens is 212 g/mol. The first-order valence-electron chi connectivity index (χ1n) is 4.85. The molecule has 0 atom stereocenters. The van der Waals surface area contributed by atoms with Gasteiger partial charge in [-0.1, -0.05) is 6.58 Å². The van der Waals surface area contributed by atoms with E-state index in [1.165, 1.54) is 0 Å². The van der Waals surface area contributed by atoms with E-state index in [0.717, 1.165) is 0 Å². The number of rotatable bonds is 4. The molecule has 0 radical (unpaired) electrons. The Morgan fingerprint density at radius 1 is 1.56 bits per heavy atom. The highest BCUT2D eigenvalue weighted by atomic mass is 16.8. The SMILES string of the molecule is C=C(CC/C=C1\OC(=O)OC1(C)C)C(=O)O. The molecule has 0 aliphatic carbocycles. The van der Waals surface area contributed by atoms with Gasteiger partial charge in [-0.15, -0.1) is 0 Å². The number of carbonyl (C=O) groups is 2. The second-order valence-electron chi connectivity index (χ2n) is 3.98. The largest absolute Gasteiger partial charge is 0.514 e. The van der Waals surface area contributed by atoms with E-state index in [4.69, 9.17) is 14.6 Å². The first kappa shape index (κ1) is 12.3. The molecule has 1 saturated heterocycles. The van der Waals surface area contributed by atoms with Crippen molar-refractivity contribution < 1.29 is 24.2 Å². The summed E-state index contributed by atoms with van der Waals surface area (Å²) in [5.41, 5.74) is -0.651. The van der Waals surface area contributed by atoms with Crippen molar-refractivity contribution in [1.29, 1.82) is 0 Å².